The van der Waals surface area contributed by atoms with Crippen molar-refractivity contribution in [2.75, 3.05) is 20.1 Å². The maximum atomic E-state index is 14.5. The zero-order valence-corrected chi connectivity index (χ0v) is 19.8. The minimum atomic E-state index is -2.74. The first-order chi connectivity index (χ1) is 16.7. The standard InChI is InChI=1S/C26H28F3N5O/c1-16-7-24(27)23(25(35)32-20-3-4-20)10-22(16)18-12-31-34(14-18)21-9-17(11-30-13-21)8-19-5-6-33(2)15-26(19,28)29/h7,9-14,19-20H,3-6,8,15H2,1-2H3,(H,32,35)/t19-/m1/s1. The highest BCUT2D eigenvalue weighted by molar-refractivity contribution is 5.96. The van der Waals surface area contributed by atoms with Crippen LogP contribution in [0.1, 0.15) is 40.7 Å². The third-order valence-corrected chi connectivity index (χ3v) is 6.83. The molecule has 0 spiro atoms. The molecule has 0 unspecified atom stereocenters. The Morgan fingerprint density at radius 1 is 1.17 bits per heavy atom. The van der Waals surface area contributed by atoms with Gasteiger partial charge in [0, 0.05) is 29.9 Å². The minimum absolute atomic E-state index is 0.00738. The number of aromatic nitrogens is 3. The number of nitrogens with zero attached hydrogens (tertiary/aromatic N) is 4. The van der Waals surface area contributed by atoms with E-state index in [1.54, 1.807) is 54.4 Å². The van der Waals surface area contributed by atoms with Crippen LogP contribution in [0, 0.1) is 18.7 Å². The Morgan fingerprint density at radius 3 is 2.71 bits per heavy atom. The highest BCUT2D eigenvalue weighted by Gasteiger charge is 2.43. The van der Waals surface area contributed by atoms with E-state index in [0.717, 1.165) is 24.0 Å². The molecule has 1 saturated heterocycles. The summed E-state index contributed by atoms with van der Waals surface area (Å²) in [5.41, 5.74) is 3.49. The summed E-state index contributed by atoms with van der Waals surface area (Å²) in [6.45, 7) is 2.20. The van der Waals surface area contributed by atoms with Crippen LogP contribution in [0.5, 0.6) is 0 Å². The largest absolute Gasteiger partial charge is 0.349 e. The maximum Gasteiger partial charge on any atom is 0.263 e. The van der Waals surface area contributed by atoms with Gasteiger partial charge in [-0.3, -0.25) is 9.78 Å². The van der Waals surface area contributed by atoms with Crippen molar-refractivity contribution >= 4 is 5.91 Å². The Kier molecular flexibility index (Phi) is 6.13. The van der Waals surface area contributed by atoms with Crippen LogP contribution in [-0.2, 0) is 6.42 Å². The van der Waals surface area contributed by atoms with Crippen LogP contribution in [0.3, 0.4) is 0 Å². The van der Waals surface area contributed by atoms with Gasteiger partial charge in [0.25, 0.3) is 11.8 Å². The van der Waals surface area contributed by atoms with Gasteiger partial charge in [-0.2, -0.15) is 5.10 Å². The van der Waals surface area contributed by atoms with Gasteiger partial charge >= 0.3 is 0 Å². The molecule has 1 aromatic carbocycles. The second-order valence-electron chi connectivity index (χ2n) is 9.81. The molecule has 3 heterocycles. The first-order valence-electron chi connectivity index (χ1n) is 11.9. The minimum Gasteiger partial charge on any atom is -0.349 e. The van der Waals surface area contributed by atoms with Crippen molar-refractivity contribution in [3.05, 3.63) is 65.5 Å². The van der Waals surface area contributed by atoms with Crippen LogP contribution in [-0.4, -0.2) is 57.7 Å². The molecule has 184 valence electrons. The molecular weight excluding hydrogens is 455 g/mol. The van der Waals surface area contributed by atoms with Crippen molar-refractivity contribution in [3.8, 4) is 16.8 Å². The molecule has 9 heteroatoms. The number of benzene rings is 1. The van der Waals surface area contributed by atoms with Crippen molar-refractivity contribution in [1.82, 2.24) is 25.0 Å². The lowest BCUT2D eigenvalue weighted by Gasteiger charge is -2.36. The molecule has 1 aliphatic carbocycles. The van der Waals surface area contributed by atoms with Gasteiger partial charge in [0.15, 0.2) is 0 Å². The third-order valence-electron chi connectivity index (χ3n) is 6.83. The summed E-state index contributed by atoms with van der Waals surface area (Å²) in [5.74, 6) is -4.45. The number of nitrogens with one attached hydrogen (secondary N) is 1. The number of rotatable bonds is 6. The third kappa shape index (κ3) is 5.10. The molecule has 0 radical (unpaired) electrons. The van der Waals surface area contributed by atoms with E-state index in [0.29, 0.717) is 29.8 Å². The van der Waals surface area contributed by atoms with Gasteiger partial charge in [-0.15, -0.1) is 0 Å². The summed E-state index contributed by atoms with van der Waals surface area (Å²) in [6, 6.07) is 4.87. The predicted octanol–water partition coefficient (Wildman–Crippen LogP) is 4.40. The lowest BCUT2D eigenvalue weighted by Crippen LogP contribution is -2.47. The number of piperidine rings is 1. The molecule has 0 bridgehead atoms. The van der Waals surface area contributed by atoms with E-state index >= 15 is 0 Å². The molecule has 6 nitrogen and oxygen atoms in total. The first-order valence-corrected chi connectivity index (χ1v) is 11.9. The molecule has 5 rings (SSSR count). The van der Waals surface area contributed by atoms with Crippen molar-refractivity contribution in [3.63, 3.8) is 0 Å². The van der Waals surface area contributed by atoms with Gasteiger partial charge in [-0.25, -0.2) is 17.9 Å². The average Bonchev–Trinajstić information content (AvgIpc) is 3.47. The van der Waals surface area contributed by atoms with E-state index in [1.807, 2.05) is 6.07 Å². The lowest BCUT2D eigenvalue weighted by atomic mass is 9.87. The second-order valence-corrected chi connectivity index (χ2v) is 9.81. The van der Waals surface area contributed by atoms with Gasteiger partial charge in [0.1, 0.15) is 5.82 Å². The van der Waals surface area contributed by atoms with E-state index < -0.39 is 23.6 Å². The summed E-state index contributed by atoms with van der Waals surface area (Å²) in [5, 5.41) is 7.24. The fraction of sp³-hybridized carbons (Fsp3) is 0.423. The number of carbonyl (C=O) groups excluding carboxylic acids is 1. The molecule has 1 saturated carbocycles. The molecule has 1 amide bonds. The summed E-state index contributed by atoms with van der Waals surface area (Å²) in [7, 11) is 1.72. The van der Waals surface area contributed by atoms with Gasteiger partial charge in [-0.05, 0) is 81.1 Å². The normalized spacial score (nSPS) is 20.1. The highest BCUT2D eigenvalue weighted by atomic mass is 19.3. The van der Waals surface area contributed by atoms with Gasteiger partial charge in [-0.1, -0.05) is 0 Å². The summed E-state index contributed by atoms with van der Waals surface area (Å²) in [4.78, 5) is 18.4. The second kappa shape index (κ2) is 9.11. The zero-order chi connectivity index (χ0) is 24.7. The van der Waals surface area contributed by atoms with Crippen LogP contribution < -0.4 is 5.32 Å². The number of hydrogen-bond acceptors (Lipinski definition) is 4. The Labute approximate surface area is 202 Å². The number of aryl methyl sites for hydroxylation is 1. The molecular formula is C26H28F3N5O. The monoisotopic (exact) mass is 483 g/mol. The fourth-order valence-corrected chi connectivity index (χ4v) is 4.65. The number of alkyl halides is 2. The van der Waals surface area contributed by atoms with E-state index in [9.17, 15) is 18.0 Å². The number of carbonyl (C=O) groups is 1. The molecule has 35 heavy (non-hydrogen) atoms. The maximum absolute atomic E-state index is 14.5. The summed E-state index contributed by atoms with van der Waals surface area (Å²) >= 11 is 0. The fourth-order valence-electron chi connectivity index (χ4n) is 4.65. The zero-order valence-electron chi connectivity index (χ0n) is 19.8. The number of halogens is 3. The Balaban J connectivity index is 1.38. The molecule has 1 N–H and O–H groups in total. The Morgan fingerprint density at radius 2 is 1.97 bits per heavy atom. The smallest absolute Gasteiger partial charge is 0.263 e. The first kappa shape index (κ1) is 23.5. The number of amides is 1. The van der Waals surface area contributed by atoms with Crippen LogP contribution in [0.4, 0.5) is 13.2 Å². The van der Waals surface area contributed by atoms with Crippen LogP contribution in [0.25, 0.3) is 16.8 Å². The molecule has 1 aliphatic heterocycles. The van der Waals surface area contributed by atoms with E-state index in [-0.39, 0.29) is 24.6 Å². The van der Waals surface area contributed by atoms with Crippen LogP contribution >= 0.6 is 0 Å². The van der Waals surface area contributed by atoms with Gasteiger partial charge < -0.3 is 10.2 Å². The lowest BCUT2D eigenvalue weighted by molar-refractivity contribution is -0.105. The molecule has 1 atom stereocenters. The van der Waals surface area contributed by atoms with Crippen molar-refractivity contribution in [1.29, 1.82) is 0 Å². The Bertz CT molecular complexity index is 1250. The number of likely N-dealkylation sites (tertiary alicyclic amines) is 1. The topological polar surface area (TPSA) is 63.1 Å². The van der Waals surface area contributed by atoms with Crippen molar-refractivity contribution in [2.45, 2.75) is 44.6 Å². The summed E-state index contributed by atoms with van der Waals surface area (Å²) in [6.07, 6.45) is 9.17. The highest BCUT2D eigenvalue weighted by Crippen LogP contribution is 2.35. The van der Waals surface area contributed by atoms with Crippen molar-refractivity contribution in [2.24, 2.45) is 5.92 Å². The molecule has 2 aliphatic rings. The van der Waals surface area contributed by atoms with E-state index in [1.165, 1.54) is 6.07 Å². The Hall–Kier alpha value is -3.20. The van der Waals surface area contributed by atoms with Crippen LogP contribution in [0.15, 0.2) is 43.0 Å². The molecule has 2 aromatic heterocycles. The average molecular weight is 484 g/mol. The van der Waals surface area contributed by atoms with E-state index in [4.69, 9.17) is 0 Å². The van der Waals surface area contributed by atoms with Crippen molar-refractivity contribution < 1.29 is 18.0 Å². The van der Waals surface area contributed by atoms with Crippen LogP contribution in [0.2, 0.25) is 0 Å². The quantitative estimate of drug-likeness (QED) is 0.565. The SMILES string of the molecule is Cc1cc(F)c(C(=O)NC2CC2)cc1-c1cnn(-c2cncc(C[C@H]3CCN(C)CC3(F)F)c2)c1. The molecule has 2 fully saturated rings. The number of pyridine rings is 1. The predicted molar refractivity (Wildman–Crippen MR) is 126 cm³/mol. The molecule has 3 aromatic rings. The van der Waals surface area contributed by atoms with E-state index in [2.05, 4.69) is 15.4 Å². The summed E-state index contributed by atoms with van der Waals surface area (Å²) < 4.78 is 45.1. The number of hydrogen-bond donors (Lipinski definition) is 1. The van der Waals surface area contributed by atoms with Gasteiger partial charge in [0.05, 0.1) is 30.2 Å². The van der Waals surface area contributed by atoms with Gasteiger partial charge in [0.2, 0.25) is 0 Å².